The molecule has 0 unspecified atom stereocenters. The third kappa shape index (κ3) is 4.83. The number of rotatable bonds is 6. The van der Waals surface area contributed by atoms with Gasteiger partial charge in [-0.3, -0.25) is 9.59 Å². The number of fused-ring (bicyclic) bond motifs is 1. The van der Waals surface area contributed by atoms with Crippen molar-refractivity contribution in [1.29, 1.82) is 0 Å². The second-order valence-electron chi connectivity index (χ2n) is 11.0. The standard InChI is InChI=1S/C35H27FN4O2S/c1-21(2)22-10-12-24(13-11-22)32-19-30(23-14-16-26(36)17-15-23)38-40(32)35-37-31(20-43-35)25-6-5-7-27(18-25)39-33(41)28-8-3-4-9-29(28)34(39)42/h3-18,20-21,32H,19H2,1-2H3/t32-/m0/s1. The summed E-state index contributed by atoms with van der Waals surface area (Å²) in [6.07, 6.45) is 0.650. The van der Waals surface area contributed by atoms with Gasteiger partial charge in [-0.05, 0) is 59.0 Å². The number of carbonyl (C=O) groups excluding carboxylic acids is 2. The molecular formula is C35H27FN4O2S. The van der Waals surface area contributed by atoms with Crippen LogP contribution in [0.15, 0.2) is 108 Å². The van der Waals surface area contributed by atoms with Crippen molar-refractivity contribution in [3.8, 4) is 11.3 Å². The van der Waals surface area contributed by atoms with E-state index >= 15 is 0 Å². The molecule has 3 heterocycles. The highest BCUT2D eigenvalue weighted by Gasteiger charge is 2.36. The second-order valence-corrected chi connectivity index (χ2v) is 11.8. The molecule has 6 nitrogen and oxygen atoms in total. The first-order chi connectivity index (χ1) is 20.9. The number of carbonyl (C=O) groups is 2. The van der Waals surface area contributed by atoms with E-state index in [1.807, 2.05) is 28.6 Å². The largest absolute Gasteiger partial charge is 0.268 e. The molecule has 8 heteroatoms. The molecule has 0 saturated carbocycles. The summed E-state index contributed by atoms with van der Waals surface area (Å²) in [6, 6.07) is 29.2. The fraction of sp³-hybridized carbons (Fsp3) is 0.143. The first-order valence-electron chi connectivity index (χ1n) is 14.1. The third-order valence-electron chi connectivity index (χ3n) is 7.96. The van der Waals surface area contributed by atoms with Crippen LogP contribution in [0.25, 0.3) is 11.3 Å². The lowest BCUT2D eigenvalue weighted by atomic mass is 9.95. The monoisotopic (exact) mass is 586 g/mol. The van der Waals surface area contributed by atoms with Crippen molar-refractivity contribution in [2.45, 2.75) is 32.2 Å². The quantitative estimate of drug-likeness (QED) is 0.188. The van der Waals surface area contributed by atoms with E-state index in [1.165, 1.54) is 33.9 Å². The van der Waals surface area contributed by atoms with Gasteiger partial charge in [0.15, 0.2) is 0 Å². The molecule has 0 saturated heterocycles. The smallest absolute Gasteiger partial charge is 0.266 e. The summed E-state index contributed by atoms with van der Waals surface area (Å²) >= 11 is 1.48. The molecule has 2 amide bonds. The van der Waals surface area contributed by atoms with Gasteiger partial charge in [0.25, 0.3) is 11.8 Å². The van der Waals surface area contributed by atoms with Gasteiger partial charge < -0.3 is 0 Å². The summed E-state index contributed by atoms with van der Waals surface area (Å²) in [5.41, 5.74) is 6.95. The van der Waals surface area contributed by atoms with E-state index in [9.17, 15) is 14.0 Å². The van der Waals surface area contributed by atoms with E-state index < -0.39 is 0 Å². The zero-order valence-corrected chi connectivity index (χ0v) is 24.4. The molecule has 7 rings (SSSR count). The van der Waals surface area contributed by atoms with Crippen LogP contribution in [-0.2, 0) is 0 Å². The second kappa shape index (κ2) is 10.7. The number of hydrogen-bond acceptors (Lipinski definition) is 6. The van der Waals surface area contributed by atoms with E-state index in [0.29, 0.717) is 29.2 Å². The SMILES string of the molecule is CC(C)c1ccc([C@@H]2CC(c3ccc(F)cc3)=NN2c2nc(-c3cccc(N4C(=O)c5ccccc5C4=O)c3)cs2)cc1. The molecule has 2 aliphatic rings. The molecule has 2 aliphatic heterocycles. The molecule has 43 heavy (non-hydrogen) atoms. The minimum absolute atomic E-state index is 0.0788. The Hall–Kier alpha value is -4.95. The zero-order chi connectivity index (χ0) is 29.7. The van der Waals surface area contributed by atoms with Crippen molar-refractivity contribution in [2.24, 2.45) is 5.10 Å². The van der Waals surface area contributed by atoms with Gasteiger partial charge in [-0.15, -0.1) is 11.3 Å². The predicted octanol–water partition coefficient (Wildman–Crippen LogP) is 8.23. The molecule has 1 atom stereocenters. The maximum absolute atomic E-state index is 13.7. The van der Waals surface area contributed by atoms with Crippen LogP contribution < -0.4 is 9.91 Å². The average molecular weight is 587 g/mol. The Morgan fingerprint density at radius 3 is 2.21 bits per heavy atom. The van der Waals surface area contributed by atoms with Crippen LogP contribution in [0.4, 0.5) is 15.2 Å². The fourth-order valence-corrected chi connectivity index (χ4v) is 6.43. The number of amides is 2. The Bertz CT molecular complexity index is 1860. The summed E-state index contributed by atoms with van der Waals surface area (Å²) in [6.45, 7) is 4.35. The normalized spacial score (nSPS) is 16.3. The van der Waals surface area contributed by atoms with Gasteiger partial charge in [0, 0.05) is 17.4 Å². The van der Waals surface area contributed by atoms with E-state index in [4.69, 9.17) is 10.1 Å². The topological polar surface area (TPSA) is 65.9 Å². The van der Waals surface area contributed by atoms with Crippen LogP contribution in [0, 0.1) is 5.82 Å². The summed E-state index contributed by atoms with van der Waals surface area (Å²) in [7, 11) is 0. The molecule has 0 bridgehead atoms. The number of thiazole rings is 1. The number of anilines is 2. The van der Waals surface area contributed by atoms with Crippen molar-refractivity contribution < 1.29 is 14.0 Å². The highest BCUT2D eigenvalue weighted by molar-refractivity contribution is 7.14. The van der Waals surface area contributed by atoms with Crippen molar-refractivity contribution in [1.82, 2.24) is 4.98 Å². The number of halogens is 1. The zero-order valence-electron chi connectivity index (χ0n) is 23.6. The van der Waals surface area contributed by atoms with Gasteiger partial charge in [0.1, 0.15) is 5.82 Å². The van der Waals surface area contributed by atoms with Gasteiger partial charge >= 0.3 is 0 Å². The Labute approximate surface area is 252 Å². The van der Waals surface area contributed by atoms with Crippen molar-refractivity contribution in [3.05, 3.63) is 136 Å². The Morgan fingerprint density at radius 2 is 1.53 bits per heavy atom. The van der Waals surface area contributed by atoms with Gasteiger partial charge in [0.05, 0.1) is 34.3 Å². The molecule has 1 aromatic heterocycles. The first kappa shape index (κ1) is 26.9. The van der Waals surface area contributed by atoms with Gasteiger partial charge in [0.2, 0.25) is 5.13 Å². The molecule has 0 spiro atoms. The molecule has 5 aromatic rings. The molecule has 4 aromatic carbocycles. The lowest BCUT2D eigenvalue weighted by molar-refractivity contribution is 0.0926. The van der Waals surface area contributed by atoms with Gasteiger partial charge in [-0.2, -0.15) is 5.10 Å². The van der Waals surface area contributed by atoms with Crippen molar-refractivity contribution in [2.75, 3.05) is 9.91 Å². The highest BCUT2D eigenvalue weighted by Crippen LogP contribution is 2.40. The molecule has 0 radical (unpaired) electrons. The van der Waals surface area contributed by atoms with E-state index in [0.717, 1.165) is 33.2 Å². The van der Waals surface area contributed by atoms with Crippen molar-refractivity contribution in [3.63, 3.8) is 0 Å². The van der Waals surface area contributed by atoms with Gasteiger partial charge in [-0.1, -0.05) is 74.5 Å². The van der Waals surface area contributed by atoms with Crippen molar-refractivity contribution >= 4 is 39.7 Å². The fourth-order valence-electron chi connectivity index (χ4n) is 5.60. The molecule has 0 aliphatic carbocycles. The maximum Gasteiger partial charge on any atom is 0.266 e. The summed E-state index contributed by atoms with van der Waals surface area (Å²) in [4.78, 5) is 32.3. The minimum Gasteiger partial charge on any atom is -0.268 e. The molecular weight excluding hydrogens is 559 g/mol. The summed E-state index contributed by atoms with van der Waals surface area (Å²) in [5.74, 6) is -0.518. The number of imide groups is 1. The first-order valence-corrected chi connectivity index (χ1v) is 15.0. The number of nitrogens with zero attached hydrogens (tertiary/aromatic N) is 4. The van der Waals surface area contributed by atoms with Crippen LogP contribution >= 0.6 is 11.3 Å². The average Bonchev–Trinajstić information content (AvgIpc) is 3.75. The van der Waals surface area contributed by atoms with Crippen LogP contribution in [0.5, 0.6) is 0 Å². The molecule has 212 valence electrons. The van der Waals surface area contributed by atoms with Crippen LogP contribution in [0.1, 0.15) is 69.6 Å². The van der Waals surface area contributed by atoms with Gasteiger partial charge in [-0.25, -0.2) is 19.3 Å². The van der Waals surface area contributed by atoms with Crippen LogP contribution in [0.3, 0.4) is 0 Å². The summed E-state index contributed by atoms with van der Waals surface area (Å²) in [5, 5.41) is 9.61. The number of hydrogen-bond donors (Lipinski definition) is 0. The number of hydrazone groups is 1. The lowest BCUT2D eigenvalue weighted by Crippen LogP contribution is -2.29. The van der Waals surface area contributed by atoms with E-state index in [1.54, 1.807) is 42.5 Å². The van der Waals surface area contributed by atoms with E-state index in [2.05, 4.69) is 38.1 Å². The Kier molecular flexibility index (Phi) is 6.70. The Balaban J connectivity index is 1.22. The predicted molar refractivity (Wildman–Crippen MR) is 168 cm³/mol. The van der Waals surface area contributed by atoms with Crippen LogP contribution in [-0.4, -0.2) is 22.5 Å². The minimum atomic E-state index is -0.331. The number of benzene rings is 4. The number of aromatic nitrogens is 1. The van der Waals surface area contributed by atoms with E-state index in [-0.39, 0.29) is 23.7 Å². The molecule has 0 N–H and O–H groups in total. The van der Waals surface area contributed by atoms with Crippen LogP contribution in [0.2, 0.25) is 0 Å². The maximum atomic E-state index is 13.7. The lowest BCUT2D eigenvalue weighted by Gasteiger charge is -2.21. The third-order valence-corrected chi connectivity index (χ3v) is 8.79. The highest BCUT2D eigenvalue weighted by atomic mass is 32.1. The summed E-state index contributed by atoms with van der Waals surface area (Å²) < 4.78 is 13.7. The Morgan fingerprint density at radius 1 is 0.837 bits per heavy atom. The molecule has 0 fully saturated rings.